The summed E-state index contributed by atoms with van der Waals surface area (Å²) in [5.41, 5.74) is -3.60. The minimum atomic E-state index is -2.09. The zero-order valence-electron chi connectivity index (χ0n) is 46.7. The van der Waals surface area contributed by atoms with Crippen molar-refractivity contribution in [3.8, 4) is 0 Å². The molecule has 22 heteroatoms. The van der Waals surface area contributed by atoms with Gasteiger partial charge in [0.15, 0.2) is 25.0 Å². The molecule has 3 aliphatic heterocycles. The monoisotopic (exact) mass is 1110 g/mol. The second-order valence-electron chi connectivity index (χ2n) is 25.7. The Balaban J connectivity index is 1.13. The molecule has 5 aliphatic carbocycles. The van der Waals surface area contributed by atoms with Gasteiger partial charge in [0.1, 0.15) is 67.1 Å². The molecule has 0 aromatic carbocycles. The van der Waals surface area contributed by atoms with Crippen molar-refractivity contribution in [2.75, 3.05) is 26.4 Å². The number of hydrogen-bond acceptors (Lipinski definition) is 21. The molecule has 78 heavy (non-hydrogen) atoms. The number of esters is 2. The van der Waals surface area contributed by atoms with E-state index in [1.54, 1.807) is 26.8 Å². The zero-order valence-corrected chi connectivity index (χ0v) is 46.7. The lowest BCUT2D eigenvalue weighted by Gasteiger charge is -2.72. The molecule has 3 saturated heterocycles. The third-order valence-corrected chi connectivity index (χ3v) is 21.3. The Labute approximate surface area is 456 Å². The molecule has 7 fully saturated rings. The summed E-state index contributed by atoms with van der Waals surface area (Å²) in [7, 11) is 0. The van der Waals surface area contributed by atoms with Crippen molar-refractivity contribution in [3.05, 3.63) is 23.3 Å². The van der Waals surface area contributed by atoms with Crippen LogP contribution >= 0.6 is 0 Å². The van der Waals surface area contributed by atoms with E-state index in [-0.39, 0.29) is 24.7 Å². The molecule has 0 unspecified atom stereocenters. The van der Waals surface area contributed by atoms with E-state index < -0.39 is 193 Å². The van der Waals surface area contributed by atoms with Gasteiger partial charge in [0.2, 0.25) is 0 Å². The van der Waals surface area contributed by atoms with Crippen molar-refractivity contribution in [1.29, 1.82) is 0 Å². The maximum atomic E-state index is 13.9. The van der Waals surface area contributed by atoms with Crippen LogP contribution in [0, 0.1) is 56.2 Å². The summed E-state index contributed by atoms with van der Waals surface area (Å²) in [6.45, 7) is 17.3. The summed E-state index contributed by atoms with van der Waals surface area (Å²) in [5, 5.41) is 122. The van der Waals surface area contributed by atoms with Crippen LogP contribution in [-0.4, -0.2) is 205 Å². The fourth-order valence-electron chi connectivity index (χ4n) is 16.0. The Bertz CT molecular complexity index is 2260. The molecule has 444 valence electrons. The maximum Gasteiger partial charge on any atom is 0.335 e. The number of fused-ring (bicyclic) bond motifs is 7. The predicted molar refractivity (Wildman–Crippen MR) is 271 cm³/mol. The van der Waals surface area contributed by atoms with Crippen LogP contribution in [0.25, 0.3) is 0 Å². The largest absolute Gasteiger partial charge is 0.479 e. The van der Waals surface area contributed by atoms with Crippen LogP contribution < -0.4 is 0 Å². The standard InChI is InChI=1S/C56H88O22/c1-11-25(3)46(69)77-43-44(78-47(70)26(4)12-2)56(24-59)28(19-51(43,5)6)27-13-14-32-52(7)17-16-34(53(8,23-58)31(52)15-18-54(32,9)55(27,10)20-33(56)61)73-50-42(76-48-37(64)35(62)29(60)22-71-48)40(39(66)41(75-50)45(67)68)74-49-38(65)36(63)30(21-57)72-49/h11,13,26,28-44,48-50,57-66H,12,14-24H2,1-10H3,(H,67,68)/b25-11-/t26-,28-,29-,30+,31+,32+,33-,34+,35-,36-,37+,38-,39-,40+,41-,42+,43-,44+,48-,49-,50+,52-,53+,54-,55-,56-/m1/s1. The minimum absolute atomic E-state index is 0.0553. The highest BCUT2D eigenvalue weighted by atomic mass is 16.8. The highest BCUT2D eigenvalue weighted by Crippen LogP contribution is 2.76. The highest BCUT2D eigenvalue weighted by molar-refractivity contribution is 5.87. The van der Waals surface area contributed by atoms with E-state index >= 15 is 0 Å². The van der Waals surface area contributed by atoms with E-state index in [0.717, 1.165) is 5.57 Å². The van der Waals surface area contributed by atoms with Crippen LogP contribution in [0.3, 0.4) is 0 Å². The van der Waals surface area contributed by atoms with Crippen LogP contribution in [0.2, 0.25) is 0 Å². The lowest BCUT2D eigenvalue weighted by Crippen LogP contribution is -2.72. The molecule has 4 saturated carbocycles. The quantitative estimate of drug-likeness (QED) is 0.0471. The molecule has 22 nitrogen and oxygen atoms in total. The molecule has 0 radical (unpaired) electrons. The van der Waals surface area contributed by atoms with E-state index in [9.17, 15) is 70.6 Å². The molecule has 0 aromatic heterocycles. The first-order valence-corrected chi connectivity index (χ1v) is 28.0. The smallest absolute Gasteiger partial charge is 0.335 e. The first kappa shape index (κ1) is 61.3. The average molecular weight is 1110 g/mol. The van der Waals surface area contributed by atoms with Crippen LogP contribution in [-0.2, 0) is 52.3 Å². The number of aliphatic carboxylic acids is 1. The normalized spacial score (nSPS) is 49.5. The highest BCUT2D eigenvalue weighted by Gasteiger charge is 2.74. The van der Waals surface area contributed by atoms with E-state index in [2.05, 4.69) is 26.8 Å². The van der Waals surface area contributed by atoms with E-state index in [0.29, 0.717) is 44.1 Å². The second kappa shape index (κ2) is 22.4. The van der Waals surface area contributed by atoms with Gasteiger partial charge < -0.3 is 94.1 Å². The molecular weight excluding hydrogens is 1020 g/mol. The van der Waals surface area contributed by atoms with Gasteiger partial charge in [0.25, 0.3) is 0 Å². The van der Waals surface area contributed by atoms with Crippen molar-refractivity contribution in [2.24, 2.45) is 56.2 Å². The summed E-state index contributed by atoms with van der Waals surface area (Å²) in [4.78, 5) is 40.3. The van der Waals surface area contributed by atoms with Gasteiger partial charge in [-0.3, -0.25) is 4.79 Å². The van der Waals surface area contributed by atoms with E-state index in [1.165, 1.54) is 0 Å². The Hall–Kier alpha value is -2.75. The molecule has 26 atom stereocenters. The number of carboxylic acid groups (broad SMARTS) is 1. The molecule has 0 spiro atoms. The number of carbonyl (C=O) groups is 3. The van der Waals surface area contributed by atoms with Crippen LogP contribution in [0.5, 0.6) is 0 Å². The third kappa shape index (κ3) is 9.73. The van der Waals surface area contributed by atoms with Gasteiger partial charge in [-0.15, -0.1) is 0 Å². The average Bonchev–Trinajstić information content (AvgIpc) is 3.77. The van der Waals surface area contributed by atoms with Crippen molar-refractivity contribution < 1.29 is 108 Å². The van der Waals surface area contributed by atoms with Crippen molar-refractivity contribution >= 4 is 17.9 Å². The number of aliphatic hydroxyl groups excluding tert-OH is 10. The van der Waals surface area contributed by atoms with Gasteiger partial charge in [-0.25, -0.2) is 9.59 Å². The van der Waals surface area contributed by atoms with Crippen molar-refractivity contribution in [2.45, 2.75) is 225 Å². The van der Waals surface area contributed by atoms with Crippen LogP contribution in [0.1, 0.15) is 121 Å². The predicted octanol–water partition coefficient (Wildman–Crippen LogP) is 0.983. The third-order valence-electron chi connectivity index (χ3n) is 21.3. The first-order valence-electron chi connectivity index (χ1n) is 28.0. The second-order valence-corrected chi connectivity index (χ2v) is 25.7. The summed E-state index contributed by atoms with van der Waals surface area (Å²) in [6, 6.07) is 0. The molecule has 3 heterocycles. The number of rotatable bonds is 15. The first-order chi connectivity index (χ1) is 36.5. The minimum Gasteiger partial charge on any atom is -0.479 e. The number of ether oxygens (including phenoxy) is 8. The summed E-state index contributed by atoms with van der Waals surface area (Å²) >= 11 is 0. The van der Waals surface area contributed by atoms with Gasteiger partial charge in [-0.05, 0) is 99.2 Å². The fourth-order valence-corrected chi connectivity index (χ4v) is 16.0. The van der Waals surface area contributed by atoms with Crippen LogP contribution in [0.4, 0.5) is 0 Å². The molecule has 8 aliphatic rings. The molecule has 11 N–H and O–H groups in total. The number of hydrogen-bond donors (Lipinski definition) is 11. The maximum absolute atomic E-state index is 13.9. The molecular formula is C56H88O22. The summed E-state index contributed by atoms with van der Waals surface area (Å²) < 4.78 is 49.0. The lowest BCUT2D eigenvalue weighted by molar-refractivity contribution is -0.381. The topological polar surface area (TPSA) is 348 Å². The number of allylic oxidation sites excluding steroid dienone is 3. The van der Waals surface area contributed by atoms with Crippen molar-refractivity contribution in [1.82, 2.24) is 0 Å². The zero-order chi connectivity index (χ0) is 57.6. The Morgan fingerprint density at radius 1 is 0.769 bits per heavy atom. The lowest BCUT2D eigenvalue weighted by atomic mass is 9.33. The molecule has 0 aromatic rings. The fraction of sp³-hybridized carbons (Fsp3) is 0.875. The Kier molecular flexibility index (Phi) is 17.6. The van der Waals surface area contributed by atoms with E-state index in [4.69, 9.17) is 37.9 Å². The van der Waals surface area contributed by atoms with Crippen molar-refractivity contribution in [3.63, 3.8) is 0 Å². The molecule has 0 bridgehead atoms. The Morgan fingerprint density at radius 3 is 2.04 bits per heavy atom. The van der Waals surface area contributed by atoms with Gasteiger partial charge in [0.05, 0.1) is 50.0 Å². The number of aliphatic hydroxyl groups is 10. The number of carbonyl (C=O) groups excluding carboxylic acids is 2. The summed E-state index contributed by atoms with van der Waals surface area (Å²) in [6.07, 6.45) is -19.9. The molecule has 8 rings (SSSR count). The number of carboxylic acids is 1. The van der Waals surface area contributed by atoms with Gasteiger partial charge in [0, 0.05) is 16.4 Å². The van der Waals surface area contributed by atoms with Gasteiger partial charge in [-0.1, -0.05) is 73.1 Å². The van der Waals surface area contributed by atoms with E-state index in [1.807, 2.05) is 27.7 Å². The molecule has 0 amide bonds. The summed E-state index contributed by atoms with van der Waals surface area (Å²) in [5.74, 6) is -4.07. The van der Waals surface area contributed by atoms with Gasteiger partial charge in [-0.2, -0.15) is 0 Å². The van der Waals surface area contributed by atoms with Gasteiger partial charge >= 0.3 is 17.9 Å². The van der Waals surface area contributed by atoms with Crippen LogP contribution in [0.15, 0.2) is 23.3 Å². The Morgan fingerprint density at radius 2 is 1.44 bits per heavy atom. The SMILES string of the molecule is C/C=C(/C)C(=O)O[C@@H]1[C@H](OC(=O)[C@H](C)CC)[C@@]2(CO)[C@H](O)C[C@]3(C)C(=CC[C@H]4[C@]5(C)CC[C@H](O[C@H]6O[C@@H](C(=O)O)[C@H](O)[C@H](O[C@H]7O[C@@H](CO)[C@@H](O)[C@H]7O)[C@@H]6O[C@H]6OC[C@@H](O)[C@@H](O)[C@@H]6O)[C@@](C)(CO)[C@H]5CC[C@]43C)[C@H]2CC1(C)C.